The van der Waals surface area contributed by atoms with Crippen molar-refractivity contribution in [1.29, 1.82) is 5.26 Å². The van der Waals surface area contributed by atoms with E-state index in [0.717, 1.165) is 50.3 Å². The Morgan fingerprint density at radius 3 is 2.65 bits per heavy atom. The van der Waals surface area contributed by atoms with Gasteiger partial charge in [0.25, 0.3) is 5.91 Å². The number of nitriles is 1. The van der Waals surface area contributed by atoms with Crippen molar-refractivity contribution in [1.82, 2.24) is 5.32 Å². The quantitative estimate of drug-likeness (QED) is 0.923. The van der Waals surface area contributed by atoms with Crippen LogP contribution in [0.1, 0.15) is 42.5 Å². The third kappa shape index (κ3) is 3.32. The number of carbonyl (C=O) groups excluding carboxylic acids is 1. The predicted octanol–water partition coefficient (Wildman–Crippen LogP) is 3.17. The van der Waals surface area contributed by atoms with Crippen LogP contribution in [0, 0.1) is 28.9 Å². The monoisotopic (exact) mass is 278 g/mol. The Morgan fingerprint density at radius 1 is 1.30 bits per heavy atom. The highest BCUT2D eigenvalue weighted by molar-refractivity contribution is 5.94. The minimum Gasteiger partial charge on any atom is -0.336 e. The zero-order valence-corrected chi connectivity index (χ0v) is 11.0. The summed E-state index contributed by atoms with van der Waals surface area (Å²) in [6, 6.07) is 4.12. The molecule has 1 aliphatic rings. The number of carbonyl (C=O) groups is 1. The van der Waals surface area contributed by atoms with Gasteiger partial charge in [0.05, 0.1) is 11.6 Å². The molecule has 1 fully saturated rings. The second kappa shape index (κ2) is 6.47. The van der Waals surface area contributed by atoms with Gasteiger partial charge in [-0.05, 0) is 37.0 Å². The van der Waals surface area contributed by atoms with Crippen molar-refractivity contribution in [2.24, 2.45) is 5.92 Å². The van der Waals surface area contributed by atoms with Crippen molar-refractivity contribution in [3.8, 4) is 6.07 Å². The lowest BCUT2D eigenvalue weighted by atomic mass is 9.84. The largest absolute Gasteiger partial charge is 0.336 e. The lowest BCUT2D eigenvalue weighted by Gasteiger charge is -2.26. The molecule has 2 rings (SSSR count). The maximum absolute atomic E-state index is 13.5. The Labute approximate surface area is 116 Å². The van der Waals surface area contributed by atoms with E-state index in [1.807, 2.05) is 0 Å². The summed E-state index contributed by atoms with van der Waals surface area (Å²) in [5, 5.41) is 11.7. The zero-order chi connectivity index (χ0) is 14.5. The van der Waals surface area contributed by atoms with Gasteiger partial charge in [-0.25, -0.2) is 8.78 Å². The normalized spacial score (nSPS) is 17.2. The SMILES string of the molecule is N#CC(NC(=O)c1cc(F)ccc1F)C1CCCCC1. The average Bonchev–Trinajstić information content (AvgIpc) is 2.48. The van der Waals surface area contributed by atoms with Crippen LogP contribution in [0.3, 0.4) is 0 Å². The number of rotatable bonds is 3. The van der Waals surface area contributed by atoms with Crippen LogP contribution in [0.4, 0.5) is 8.78 Å². The summed E-state index contributed by atoms with van der Waals surface area (Å²) in [6.45, 7) is 0. The minimum atomic E-state index is -0.788. The first-order valence-corrected chi connectivity index (χ1v) is 6.77. The maximum atomic E-state index is 13.5. The maximum Gasteiger partial charge on any atom is 0.255 e. The topological polar surface area (TPSA) is 52.9 Å². The number of hydrogen-bond acceptors (Lipinski definition) is 2. The highest BCUT2D eigenvalue weighted by atomic mass is 19.1. The molecule has 0 radical (unpaired) electrons. The van der Waals surface area contributed by atoms with Crippen molar-refractivity contribution >= 4 is 5.91 Å². The fourth-order valence-electron chi connectivity index (χ4n) is 2.61. The minimum absolute atomic E-state index is 0.0920. The van der Waals surface area contributed by atoms with Crippen LogP contribution in [-0.2, 0) is 0 Å². The number of nitrogens with one attached hydrogen (secondary N) is 1. The second-order valence-corrected chi connectivity index (χ2v) is 5.10. The summed E-state index contributed by atoms with van der Waals surface area (Å²) in [7, 11) is 0. The van der Waals surface area contributed by atoms with Crippen LogP contribution in [0.25, 0.3) is 0 Å². The summed E-state index contributed by atoms with van der Waals surface area (Å²) in [5.41, 5.74) is -0.360. The molecule has 1 aromatic rings. The molecule has 3 nitrogen and oxygen atoms in total. The Balaban J connectivity index is 2.09. The summed E-state index contributed by atoms with van der Waals surface area (Å²) in [5.74, 6) is -2.11. The first-order chi connectivity index (χ1) is 9.61. The molecule has 0 bridgehead atoms. The van der Waals surface area contributed by atoms with E-state index in [1.54, 1.807) is 0 Å². The van der Waals surface area contributed by atoms with Crippen LogP contribution in [0.15, 0.2) is 18.2 Å². The molecule has 20 heavy (non-hydrogen) atoms. The predicted molar refractivity (Wildman–Crippen MR) is 69.8 cm³/mol. The van der Waals surface area contributed by atoms with Crippen LogP contribution in [0.5, 0.6) is 0 Å². The fraction of sp³-hybridized carbons (Fsp3) is 0.467. The van der Waals surface area contributed by atoms with Gasteiger partial charge in [0.15, 0.2) is 0 Å². The van der Waals surface area contributed by atoms with Crippen molar-refractivity contribution in [3.05, 3.63) is 35.4 Å². The highest BCUT2D eigenvalue weighted by Crippen LogP contribution is 2.26. The standard InChI is InChI=1S/C15H16F2N2O/c16-11-6-7-13(17)12(8-11)15(20)19-14(9-18)10-4-2-1-3-5-10/h6-8,10,14H,1-5H2,(H,19,20). The van der Waals surface area contributed by atoms with Gasteiger partial charge < -0.3 is 5.32 Å². The lowest BCUT2D eigenvalue weighted by molar-refractivity contribution is 0.0924. The lowest BCUT2D eigenvalue weighted by Crippen LogP contribution is -2.40. The Kier molecular flexibility index (Phi) is 4.67. The van der Waals surface area contributed by atoms with Crippen molar-refractivity contribution in [2.75, 3.05) is 0 Å². The third-order valence-electron chi connectivity index (χ3n) is 3.72. The van der Waals surface area contributed by atoms with Gasteiger partial charge in [0.1, 0.15) is 17.7 Å². The van der Waals surface area contributed by atoms with E-state index in [2.05, 4.69) is 11.4 Å². The summed E-state index contributed by atoms with van der Waals surface area (Å²) < 4.78 is 26.6. The summed E-state index contributed by atoms with van der Waals surface area (Å²) in [6.07, 6.45) is 4.97. The van der Waals surface area contributed by atoms with E-state index in [1.165, 1.54) is 0 Å². The van der Waals surface area contributed by atoms with Crippen LogP contribution < -0.4 is 5.32 Å². The van der Waals surface area contributed by atoms with E-state index >= 15 is 0 Å². The molecule has 0 aliphatic heterocycles. The van der Waals surface area contributed by atoms with E-state index in [-0.39, 0.29) is 11.5 Å². The van der Waals surface area contributed by atoms with Crippen LogP contribution in [0.2, 0.25) is 0 Å². The average molecular weight is 278 g/mol. The van der Waals surface area contributed by atoms with Gasteiger partial charge in [-0.2, -0.15) is 5.26 Å². The van der Waals surface area contributed by atoms with Gasteiger partial charge in [0, 0.05) is 0 Å². The van der Waals surface area contributed by atoms with Crippen molar-refractivity contribution in [2.45, 2.75) is 38.1 Å². The molecule has 1 aromatic carbocycles. The molecule has 0 spiro atoms. The van der Waals surface area contributed by atoms with Gasteiger partial charge in [-0.15, -0.1) is 0 Å². The summed E-state index contributed by atoms with van der Waals surface area (Å²) >= 11 is 0. The molecular formula is C15H16F2N2O. The number of benzene rings is 1. The van der Waals surface area contributed by atoms with Gasteiger partial charge in [0.2, 0.25) is 0 Å². The molecule has 0 heterocycles. The fourth-order valence-corrected chi connectivity index (χ4v) is 2.61. The van der Waals surface area contributed by atoms with Gasteiger partial charge in [-0.3, -0.25) is 4.79 Å². The number of amides is 1. The Hall–Kier alpha value is -1.96. The smallest absolute Gasteiger partial charge is 0.255 e. The molecule has 0 aromatic heterocycles. The molecule has 0 saturated heterocycles. The van der Waals surface area contributed by atoms with Gasteiger partial charge >= 0.3 is 0 Å². The van der Waals surface area contributed by atoms with E-state index < -0.39 is 23.6 Å². The molecule has 1 unspecified atom stereocenters. The molecule has 1 aliphatic carbocycles. The highest BCUT2D eigenvalue weighted by Gasteiger charge is 2.26. The molecule has 1 amide bonds. The summed E-state index contributed by atoms with van der Waals surface area (Å²) in [4.78, 5) is 12.0. The molecule has 1 atom stereocenters. The Morgan fingerprint density at radius 2 is 2.00 bits per heavy atom. The second-order valence-electron chi connectivity index (χ2n) is 5.10. The zero-order valence-electron chi connectivity index (χ0n) is 11.0. The van der Waals surface area contributed by atoms with E-state index in [4.69, 9.17) is 5.26 Å². The number of hydrogen-bond donors (Lipinski definition) is 1. The molecule has 106 valence electrons. The first kappa shape index (κ1) is 14.4. The van der Waals surface area contributed by atoms with Crippen molar-refractivity contribution < 1.29 is 13.6 Å². The van der Waals surface area contributed by atoms with Crippen LogP contribution in [-0.4, -0.2) is 11.9 Å². The van der Waals surface area contributed by atoms with E-state index in [0.29, 0.717) is 0 Å². The molecule has 1 N–H and O–H groups in total. The third-order valence-corrected chi connectivity index (χ3v) is 3.72. The Bertz CT molecular complexity index is 533. The number of nitrogens with zero attached hydrogens (tertiary/aromatic N) is 1. The van der Waals surface area contributed by atoms with Crippen molar-refractivity contribution in [3.63, 3.8) is 0 Å². The van der Waals surface area contributed by atoms with Gasteiger partial charge in [-0.1, -0.05) is 19.3 Å². The molecular weight excluding hydrogens is 262 g/mol. The van der Waals surface area contributed by atoms with Crippen LogP contribution >= 0.6 is 0 Å². The van der Waals surface area contributed by atoms with E-state index in [9.17, 15) is 13.6 Å². The molecule has 1 saturated carbocycles. The molecule has 5 heteroatoms. The number of halogens is 2. The first-order valence-electron chi connectivity index (χ1n) is 6.77.